The lowest BCUT2D eigenvalue weighted by Crippen LogP contribution is -2.35. The zero-order chi connectivity index (χ0) is 16.7. The molecule has 1 amide bonds. The first kappa shape index (κ1) is 18.0. The van der Waals surface area contributed by atoms with Crippen molar-refractivity contribution in [2.24, 2.45) is 0 Å². The molecule has 1 aliphatic heterocycles. The molecule has 1 saturated heterocycles. The van der Waals surface area contributed by atoms with Gasteiger partial charge in [-0.25, -0.2) is 0 Å². The van der Waals surface area contributed by atoms with Gasteiger partial charge in [-0.3, -0.25) is 4.79 Å². The van der Waals surface area contributed by atoms with Gasteiger partial charge in [0.25, 0.3) is 0 Å². The van der Waals surface area contributed by atoms with Crippen LogP contribution in [0, 0.1) is 6.92 Å². The van der Waals surface area contributed by atoms with Crippen LogP contribution in [0.2, 0.25) is 5.02 Å². The number of carbonyl (C=O) groups is 1. The minimum atomic E-state index is 0.289. The third-order valence-electron chi connectivity index (χ3n) is 3.99. The lowest BCUT2D eigenvalue weighted by atomic mass is 10.2. The number of nitrogens with zero attached hydrogens (tertiary/aromatic N) is 1. The number of benzene rings is 1. The Bertz CT molecular complexity index is 565. The average Bonchev–Trinajstić information content (AvgIpc) is 2.72. The van der Waals surface area contributed by atoms with E-state index in [1.807, 2.05) is 30.0 Å². The molecule has 1 aromatic carbocycles. The van der Waals surface area contributed by atoms with E-state index < -0.39 is 0 Å². The highest BCUT2D eigenvalue weighted by Crippen LogP contribution is 2.19. The van der Waals surface area contributed by atoms with Crippen LogP contribution in [-0.2, 0) is 4.79 Å². The summed E-state index contributed by atoms with van der Waals surface area (Å²) in [6, 6.07) is 5.77. The molecule has 6 heteroatoms. The van der Waals surface area contributed by atoms with Crippen molar-refractivity contribution in [1.82, 2.24) is 10.2 Å². The number of hydrogen-bond acceptors (Lipinski definition) is 2. The predicted octanol–water partition coefficient (Wildman–Crippen LogP) is 3.73. The molecule has 1 aromatic rings. The van der Waals surface area contributed by atoms with E-state index in [1.165, 1.54) is 0 Å². The first-order valence-electron chi connectivity index (χ1n) is 8.15. The van der Waals surface area contributed by atoms with Crippen molar-refractivity contribution in [2.45, 2.75) is 39.0 Å². The van der Waals surface area contributed by atoms with Gasteiger partial charge in [-0.15, -0.1) is 0 Å². The molecular formula is C17H24ClN3OS. The smallest absolute Gasteiger partial charge is 0.222 e. The van der Waals surface area contributed by atoms with Gasteiger partial charge < -0.3 is 15.5 Å². The summed E-state index contributed by atoms with van der Waals surface area (Å²) in [4.78, 5) is 13.9. The number of likely N-dealkylation sites (tertiary alicyclic amines) is 1. The molecule has 0 spiro atoms. The van der Waals surface area contributed by atoms with Crippen LogP contribution in [0.3, 0.4) is 0 Å². The summed E-state index contributed by atoms with van der Waals surface area (Å²) in [5.74, 6) is 0.289. The van der Waals surface area contributed by atoms with E-state index in [0.29, 0.717) is 11.5 Å². The van der Waals surface area contributed by atoms with E-state index in [-0.39, 0.29) is 5.91 Å². The Balaban J connectivity index is 1.68. The number of amides is 1. The van der Waals surface area contributed by atoms with Gasteiger partial charge in [-0.1, -0.05) is 24.1 Å². The van der Waals surface area contributed by atoms with Crippen molar-refractivity contribution in [1.29, 1.82) is 0 Å². The van der Waals surface area contributed by atoms with E-state index in [2.05, 4.69) is 10.6 Å². The lowest BCUT2D eigenvalue weighted by Gasteiger charge is -2.20. The van der Waals surface area contributed by atoms with Gasteiger partial charge in [-0.05, 0) is 56.1 Å². The maximum atomic E-state index is 11.9. The fourth-order valence-electron chi connectivity index (χ4n) is 2.59. The number of anilines is 1. The Morgan fingerprint density at radius 2 is 2.17 bits per heavy atom. The number of thiocarbonyl (C=S) groups is 1. The van der Waals surface area contributed by atoms with Crippen LogP contribution < -0.4 is 10.6 Å². The van der Waals surface area contributed by atoms with Gasteiger partial charge in [0.2, 0.25) is 5.91 Å². The van der Waals surface area contributed by atoms with Crippen molar-refractivity contribution in [3.05, 3.63) is 28.8 Å². The fourth-order valence-corrected chi connectivity index (χ4v) is 2.99. The van der Waals surface area contributed by atoms with Crippen molar-refractivity contribution >= 4 is 40.5 Å². The molecule has 0 unspecified atom stereocenters. The van der Waals surface area contributed by atoms with E-state index in [1.54, 1.807) is 0 Å². The molecule has 23 heavy (non-hydrogen) atoms. The van der Waals surface area contributed by atoms with Crippen LogP contribution in [-0.4, -0.2) is 35.6 Å². The third-order valence-corrected chi connectivity index (χ3v) is 4.65. The van der Waals surface area contributed by atoms with E-state index in [9.17, 15) is 4.79 Å². The van der Waals surface area contributed by atoms with Gasteiger partial charge >= 0.3 is 0 Å². The van der Waals surface area contributed by atoms with Gasteiger partial charge in [-0.2, -0.15) is 0 Å². The summed E-state index contributed by atoms with van der Waals surface area (Å²) < 4.78 is 0. The first-order chi connectivity index (χ1) is 11.1. The van der Waals surface area contributed by atoms with Gasteiger partial charge in [0.05, 0.1) is 0 Å². The minimum Gasteiger partial charge on any atom is -0.362 e. The molecule has 1 aliphatic rings. The second kappa shape index (κ2) is 9.08. The molecule has 1 fully saturated rings. The molecule has 126 valence electrons. The monoisotopic (exact) mass is 353 g/mol. The standard InChI is InChI=1S/C17H24ClN3OS/c1-13-7-8-14(12-15(13)18)20-17(23)19-9-5-11-21-10-4-2-3-6-16(21)22/h7-8,12H,2-6,9-11H2,1H3,(H2,19,20,23). The number of halogens is 1. The zero-order valence-corrected chi connectivity index (χ0v) is 15.1. The van der Waals surface area contributed by atoms with Crippen LogP contribution in [0.5, 0.6) is 0 Å². The molecule has 4 nitrogen and oxygen atoms in total. The largest absolute Gasteiger partial charge is 0.362 e. The molecule has 0 atom stereocenters. The summed E-state index contributed by atoms with van der Waals surface area (Å²) in [7, 11) is 0. The highest BCUT2D eigenvalue weighted by molar-refractivity contribution is 7.80. The first-order valence-corrected chi connectivity index (χ1v) is 8.93. The number of nitrogens with one attached hydrogen (secondary N) is 2. The van der Waals surface area contributed by atoms with Crippen molar-refractivity contribution in [2.75, 3.05) is 25.0 Å². The number of carbonyl (C=O) groups excluding carboxylic acids is 1. The van der Waals surface area contributed by atoms with Crippen LogP contribution in [0.1, 0.15) is 37.7 Å². The lowest BCUT2D eigenvalue weighted by molar-refractivity contribution is -0.130. The Morgan fingerprint density at radius 3 is 2.96 bits per heavy atom. The highest BCUT2D eigenvalue weighted by Gasteiger charge is 2.15. The molecule has 0 saturated carbocycles. The maximum absolute atomic E-state index is 11.9. The molecule has 0 aliphatic carbocycles. The molecular weight excluding hydrogens is 330 g/mol. The van der Waals surface area contributed by atoms with Crippen molar-refractivity contribution in [3.63, 3.8) is 0 Å². The Hall–Kier alpha value is -1.33. The second-order valence-electron chi connectivity index (χ2n) is 5.89. The molecule has 0 aromatic heterocycles. The Labute approximate surface area is 148 Å². The second-order valence-corrected chi connectivity index (χ2v) is 6.71. The van der Waals surface area contributed by atoms with Crippen LogP contribution in [0.25, 0.3) is 0 Å². The summed E-state index contributed by atoms with van der Waals surface area (Å²) in [5, 5.41) is 7.59. The van der Waals surface area contributed by atoms with E-state index >= 15 is 0 Å². The molecule has 2 rings (SSSR count). The van der Waals surface area contributed by atoms with Crippen LogP contribution in [0.4, 0.5) is 5.69 Å². The SMILES string of the molecule is Cc1ccc(NC(=S)NCCCN2CCCCCC2=O)cc1Cl. The minimum absolute atomic E-state index is 0.289. The predicted molar refractivity (Wildman–Crippen MR) is 100 cm³/mol. The molecule has 1 heterocycles. The summed E-state index contributed by atoms with van der Waals surface area (Å²) >= 11 is 11.4. The van der Waals surface area contributed by atoms with E-state index in [0.717, 1.165) is 61.6 Å². The molecule has 0 bridgehead atoms. The third kappa shape index (κ3) is 5.99. The number of aryl methyl sites for hydroxylation is 1. The topological polar surface area (TPSA) is 44.4 Å². The van der Waals surface area contributed by atoms with Gasteiger partial charge in [0.15, 0.2) is 5.11 Å². The van der Waals surface area contributed by atoms with Crippen LogP contribution in [0.15, 0.2) is 18.2 Å². The quantitative estimate of drug-likeness (QED) is 0.625. The average molecular weight is 354 g/mol. The Morgan fingerprint density at radius 1 is 1.35 bits per heavy atom. The fraction of sp³-hybridized carbons (Fsp3) is 0.529. The van der Waals surface area contributed by atoms with Crippen molar-refractivity contribution in [3.8, 4) is 0 Å². The maximum Gasteiger partial charge on any atom is 0.222 e. The van der Waals surface area contributed by atoms with Gasteiger partial charge in [0.1, 0.15) is 0 Å². The zero-order valence-electron chi connectivity index (χ0n) is 13.5. The van der Waals surface area contributed by atoms with Crippen molar-refractivity contribution < 1.29 is 4.79 Å². The summed E-state index contributed by atoms with van der Waals surface area (Å²) in [6.07, 6.45) is 4.89. The number of rotatable bonds is 5. The Kier molecular flexibility index (Phi) is 7.12. The molecule has 2 N–H and O–H groups in total. The van der Waals surface area contributed by atoms with E-state index in [4.69, 9.17) is 23.8 Å². The number of hydrogen-bond donors (Lipinski definition) is 2. The van der Waals surface area contributed by atoms with Gasteiger partial charge in [0, 0.05) is 36.8 Å². The van der Waals surface area contributed by atoms with Crippen LogP contribution >= 0.6 is 23.8 Å². The molecule has 0 radical (unpaired) electrons. The highest BCUT2D eigenvalue weighted by atomic mass is 35.5. The normalized spacial score (nSPS) is 15.2. The summed E-state index contributed by atoms with van der Waals surface area (Å²) in [5.41, 5.74) is 1.92. The summed E-state index contributed by atoms with van der Waals surface area (Å²) in [6.45, 7) is 4.40.